The van der Waals surface area contributed by atoms with E-state index in [-0.39, 0.29) is 6.04 Å². The quantitative estimate of drug-likeness (QED) is 0.666. The molecule has 1 atom stereocenters. The molecule has 0 radical (unpaired) electrons. The van der Waals surface area contributed by atoms with Gasteiger partial charge in [0.2, 0.25) is 0 Å². The van der Waals surface area contributed by atoms with Gasteiger partial charge < -0.3 is 10.6 Å². The van der Waals surface area contributed by atoms with Crippen LogP contribution in [0, 0.1) is 13.8 Å². The topological polar surface area (TPSA) is 37.0 Å². The molecule has 25 heavy (non-hydrogen) atoms. The van der Waals surface area contributed by atoms with Gasteiger partial charge in [0, 0.05) is 6.20 Å². The molecule has 0 amide bonds. The van der Waals surface area contributed by atoms with E-state index >= 15 is 0 Å². The third kappa shape index (κ3) is 4.22. The minimum atomic E-state index is -0.0218. The lowest BCUT2D eigenvalue weighted by Crippen LogP contribution is -2.33. The molecule has 1 heterocycles. The molecule has 0 saturated heterocycles. The zero-order valence-corrected chi connectivity index (χ0v) is 15.2. The Balaban J connectivity index is 1.87. The summed E-state index contributed by atoms with van der Waals surface area (Å²) in [5, 5.41) is 7.21. The summed E-state index contributed by atoms with van der Waals surface area (Å²) >= 11 is 5.55. The van der Waals surface area contributed by atoms with Gasteiger partial charge in [0.25, 0.3) is 0 Å². The second-order valence-corrected chi connectivity index (χ2v) is 6.38. The summed E-state index contributed by atoms with van der Waals surface area (Å²) in [6.07, 6.45) is 1.76. The third-order valence-electron chi connectivity index (χ3n) is 4.15. The van der Waals surface area contributed by atoms with Gasteiger partial charge in [-0.2, -0.15) is 0 Å². The summed E-state index contributed by atoms with van der Waals surface area (Å²) in [7, 11) is 0. The molecule has 126 valence electrons. The molecule has 4 heteroatoms. The number of hydrogen-bond acceptors (Lipinski definition) is 2. The average molecular weight is 347 g/mol. The number of rotatable bonds is 4. The molecule has 0 fully saturated rings. The van der Waals surface area contributed by atoms with Crippen LogP contribution in [0.25, 0.3) is 0 Å². The second kappa shape index (κ2) is 7.90. The van der Waals surface area contributed by atoms with E-state index in [1.54, 1.807) is 6.20 Å². The molecule has 2 aromatic carbocycles. The molecule has 3 rings (SSSR count). The summed E-state index contributed by atoms with van der Waals surface area (Å²) in [5.41, 5.74) is 4.65. The molecule has 3 nitrogen and oxygen atoms in total. The first kappa shape index (κ1) is 17.1. The Morgan fingerprint density at radius 2 is 1.56 bits per heavy atom. The van der Waals surface area contributed by atoms with Crippen molar-refractivity contribution >= 4 is 23.1 Å². The van der Waals surface area contributed by atoms with E-state index < -0.39 is 0 Å². The number of anilines is 1. The van der Waals surface area contributed by atoms with E-state index in [1.165, 1.54) is 16.7 Å². The van der Waals surface area contributed by atoms with Gasteiger partial charge in [0.05, 0.1) is 6.04 Å². The van der Waals surface area contributed by atoms with Gasteiger partial charge in [-0.05, 0) is 54.4 Å². The van der Waals surface area contributed by atoms with Gasteiger partial charge in [-0.3, -0.25) is 0 Å². The molecular weight excluding hydrogens is 326 g/mol. The zero-order chi connectivity index (χ0) is 17.6. The zero-order valence-electron chi connectivity index (χ0n) is 14.4. The van der Waals surface area contributed by atoms with Crippen LogP contribution in [0.2, 0.25) is 0 Å². The largest absolute Gasteiger partial charge is 0.351 e. The van der Waals surface area contributed by atoms with Crippen molar-refractivity contribution in [2.75, 3.05) is 5.32 Å². The summed E-state index contributed by atoms with van der Waals surface area (Å²) < 4.78 is 0. The highest BCUT2D eigenvalue weighted by Gasteiger charge is 2.17. The number of pyridine rings is 1. The van der Waals surface area contributed by atoms with Gasteiger partial charge in [-0.25, -0.2) is 4.98 Å². The maximum atomic E-state index is 5.55. The molecule has 3 aromatic rings. The lowest BCUT2D eigenvalue weighted by molar-refractivity contribution is 0.762. The maximum Gasteiger partial charge on any atom is 0.172 e. The lowest BCUT2D eigenvalue weighted by Gasteiger charge is -2.23. The van der Waals surface area contributed by atoms with Crippen molar-refractivity contribution < 1.29 is 0 Å². The first-order chi connectivity index (χ1) is 12.1. The number of aromatic nitrogens is 1. The Kier molecular flexibility index (Phi) is 5.41. The highest BCUT2D eigenvalue weighted by molar-refractivity contribution is 7.80. The Morgan fingerprint density at radius 3 is 2.28 bits per heavy atom. The summed E-state index contributed by atoms with van der Waals surface area (Å²) in [4.78, 5) is 4.35. The van der Waals surface area contributed by atoms with Crippen molar-refractivity contribution in [3.8, 4) is 0 Å². The van der Waals surface area contributed by atoms with Gasteiger partial charge >= 0.3 is 0 Å². The standard InChI is InChI=1S/C21H21N3S/c1-15-9-6-7-13-18(15)19(17-11-4-3-5-12-17)23-21(25)24-20-16(2)10-8-14-22-20/h3-14,19H,1-2H3,(H2,22,23,24,25)/t19-/m1/s1. The molecule has 0 aliphatic rings. The average Bonchev–Trinajstić information content (AvgIpc) is 2.63. The number of hydrogen-bond donors (Lipinski definition) is 2. The second-order valence-electron chi connectivity index (χ2n) is 5.97. The minimum absolute atomic E-state index is 0.0218. The van der Waals surface area contributed by atoms with Crippen LogP contribution in [0.4, 0.5) is 5.82 Å². The molecule has 0 spiro atoms. The summed E-state index contributed by atoms with van der Waals surface area (Å²) in [6, 6.07) is 22.6. The fourth-order valence-electron chi connectivity index (χ4n) is 2.79. The fraction of sp³-hybridized carbons (Fsp3) is 0.143. The predicted molar refractivity (Wildman–Crippen MR) is 108 cm³/mol. The Labute approximate surface area is 154 Å². The van der Waals surface area contributed by atoms with Crippen molar-refractivity contribution in [2.45, 2.75) is 19.9 Å². The Morgan fingerprint density at radius 1 is 0.880 bits per heavy atom. The summed E-state index contributed by atoms with van der Waals surface area (Å²) in [6.45, 7) is 4.13. The minimum Gasteiger partial charge on any atom is -0.351 e. The number of nitrogens with one attached hydrogen (secondary N) is 2. The maximum absolute atomic E-state index is 5.55. The molecule has 0 saturated carbocycles. The van der Waals surface area contributed by atoms with Crippen LogP contribution in [0.5, 0.6) is 0 Å². The fourth-order valence-corrected chi connectivity index (χ4v) is 3.00. The van der Waals surface area contributed by atoms with Crippen LogP contribution in [0.3, 0.4) is 0 Å². The normalized spacial score (nSPS) is 11.6. The van der Waals surface area contributed by atoms with Crippen LogP contribution in [0.15, 0.2) is 72.9 Å². The van der Waals surface area contributed by atoms with Crippen LogP contribution in [-0.4, -0.2) is 10.1 Å². The number of aryl methyl sites for hydroxylation is 2. The van der Waals surface area contributed by atoms with Gasteiger partial charge in [0.1, 0.15) is 5.82 Å². The molecule has 0 aliphatic heterocycles. The molecule has 0 aliphatic carbocycles. The van der Waals surface area contributed by atoms with E-state index in [4.69, 9.17) is 12.2 Å². The predicted octanol–water partition coefficient (Wildman–Crippen LogP) is 4.77. The molecular formula is C21H21N3S. The van der Waals surface area contributed by atoms with Crippen LogP contribution < -0.4 is 10.6 Å². The van der Waals surface area contributed by atoms with E-state index in [9.17, 15) is 0 Å². The van der Waals surface area contributed by atoms with Gasteiger partial charge in [0.15, 0.2) is 5.11 Å². The Hall–Kier alpha value is -2.72. The number of nitrogens with zero attached hydrogens (tertiary/aromatic N) is 1. The van der Waals surface area contributed by atoms with Crippen molar-refractivity contribution in [3.63, 3.8) is 0 Å². The van der Waals surface area contributed by atoms with E-state index in [0.717, 1.165) is 11.4 Å². The molecule has 2 N–H and O–H groups in total. The van der Waals surface area contributed by atoms with Crippen molar-refractivity contribution in [2.24, 2.45) is 0 Å². The molecule has 0 unspecified atom stereocenters. The monoisotopic (exact) mass is 347 g/mol. The Bertz CT molecular complexity index is 862. The van der Waals surface area contributed by atoms with Gasteiger partial charge in [-0.15, -0.1) is 0 Å². The SMILES string of the molecule is Cc1ccccc1[C@H](NC(=S)Nc1ncccc1C)c1ccccc1. The van der Waals surface area contributed by atoms with Crippen LogP contribution in [0.1, 0.15) is 28.3 Å². The van der Waals surface area contributed by atoms with Crippen molar-refractivity contribution in [3.05, 3.63) is 95.2 Å². The summed E-state index contributed by atoms with van der Waals surface area (Å²) in [5.74, 6) is 0.775. The highest BCUT2D eigenvalue weighted by Crippen LogP contribution is 2.25. The third-order valence-corrected chi connectivity index (χ3v) is 4.37. The highest BCUT2D eigenvalue weighted by atomic mass is 32.1. The van der Waals surface area contributed by atoms with Gasteiger partial charge in [-0.1, -0.05) is 60.7 Å². The first-order valence-corrected chi connectivity index (χ1v) is 8.65. The van der Waals surface area contributed by atoms with E-state index in [0.29, 0.717) is 5.11 Å². The van der Waals surface area contributed by atoms with E-state index in [2.05, 4.69) is 58.9 Å². The number of benzene rings is 2. The smallest absolute Gasteiger partial charge is 0.172 e. The number of thiocarbonyl (C=S) groups is 1. The van der Waals surface area contributed by atoms with E-state index in [1.807, 2.05) is 37.3 Å². The van der Waals surface area contributed by atoms with Crippen molar-refractivity contribution in [1.82, 2.24) is 10.3 Å². The van der Waals surface area contributed by atoms with Crippen LogP contribution >= 0.6 is 12.2 Å². The van der Waals surface area contributed by atoms with Crippen molar-refractivity contribution in [1.29, 1.82) is 0 Å². The molecule has 1 aromatic heterocycles. The first-order valence-electron chi connectivity index (χ1n) is 8.25. The van der Waals surface area contributed by atoms with Crippen LogP contribution in [-0.2, 0) is 0 Å². The molecule has 0 bridgehead atoms. The lowest BCUT2D eigenvalue weighted by atomic mass is 9.95.